The van der Waals surface area contributed by atoms with E-state index >= 15 is 0 Å². The molecule has 0 aliphatic heterocycles. The minimum absolute atomic E-state index is 0.400. The first-order chi connectivity index (χ1) is 15.5. The molecule has 0 unspecified atom stereocenters. The number of aryl methyl sites for hydroxylation is 1. The lowest BCUT2D eigenvalue weighted by Gasteiger charge is -2.10. The van der Waals surface area contributed by atoms with Crippen LogP contribution in [0.15, 0.2) is 59.1 Å². The van der Waals surface area contributed by atoms with E-state index in [1.165, 1.54) is 11.1 Å². The molecule has 0 amide bonds. The Bertz CT molecular complexity index is 1150. The molecular formula is C25H28N4OS2. The van der Waals surface area contributed by atoms with Gasteiger partial charge in [-0.3, -0.25) is 0 Å². The summed E-state index contributed by atoms with van der Waals surface area (Å²) in [4.78, 5) is 4.80. The minimum atomic E-state index is 0.400. The predicted octanol–water partition coefficient (Wildman–Crippen LogP) is 6.72. The summed E-state index contributed by atoms with van der Waals surface area (Å²) in [6, 6.07) is 16.8. The lowest BCUT2D eigenvalue weighted by Crippen LogP contribution is -2.07. The summed E-state index contributed by atoms with van der Waals surface area (Å²) in [6.07, 6.45) is 0. The van der Waals surface area contributed by atoms with Crippen molar-refractivity contribution in [1.29, 1.82) is 0 Å². The van der Waals surface area contributed by atoms with Crippen LogP contribution < -0.4 is 4.74 Å². The van der Waals surface area contributed by atoms with Gasteiger partial charge in [-0.1, -0.05) is 67.6 Å². The van der Waals surface area contributed by atoms with Gasteiger partial charge in [0.15, 0.2) is 11.0 Å². The maximum atomic E-state index is 5.96. The standard InChI is InChI=1S/C25H28N4OS2/c1-5-29-23(14-30-22-12-10-19(11-13-22)17(2)3)27-28-25(29)32-16-21-15-31-24(26-21)20-8-6-18(4)7-9-20/h6-13,15,17H,5,14,16H2,1-4H3. The van der Waals surface area contributed by atoms with Gasteiger partial charge < -0.3 is 9.30 Å². The molecule has 0 spiro atoms. The molecular weight excluding hydrogens is 436 g/mol. The van der Waals surface area contributed by atoms with Gasteiger partial charge in [-0.15, -0.1) is 21.5 Å². The quantitative estimate of drug-likeness (QED) is 0.257. The van der Waals surface area contributed by atoms with Gasteiger partial charge in [0.25, 0.3) is 0 Å². The maximum Gasteiger partial charge on any atom is 0.191 e. The van der Waals surface area contributed by atoms with E-state index in [9.17, 15) is 0 Å². The molecule has 2 heterocycles. The Morgan fingerprint density at radius 1 is 1.03 bits per heavy atom. The van der Waals surface area contributed by atoms with Crippen molar-refractivity contribution >= 4 is 23.1 Å². The molecule has 5 nitrogen and oxygen atoms in total. The lowest BCUT2D eigenvalue weighted by molar-refractivity contribution is 0.288. The van der Waals surface area contributed by atoms with Gasteiger partial charge in [-0.2, -0.15) is 0 Å². The van der Waals surface area contributed by atoms with Crippen LogP contribution in [-0.4, -0.2) is 19.7 Å². The fourth-order valence-corrected chi connectivity index (χ4v) is 5.13. The van der Waals surface area contributed by atoms with Crippen molar-refractivity contribution in [1.82, 2.24) is 19.7 Å². The van der Waals surface area contributed by atoms with Crippen molar-refractivity contribution in [2.45, 2.75) is 57.7 Å². The van der Waals surface area contributed by atoms with Crippen molar-refractivity contribution in [3.63, 3.8) is 0 Å². The summed E-state index contributed by atoms with van der Waals surface area (Å²) < 4.78 is 8.07. The van der Waals surface area contributed by atoms with Crippen molar-refractivity contribution in [2.24, 2.45) is 0 Å². The number of hydrogen-bond donors (Lipinski definition) is 0. The first-order valence-corrected chi connectivity index (χ1v) is 12.7. The minimum Gasteiger partial charge on any atom is -0.486 e. The van der Waals surface area contributed by atoms with Gasteiger partial charge in [-0.25, -0.2) is 4.98 Å². The van der Waals surface area contributed by atoms with E-state index < -0.39 is 0 Å². The molecule has 0 radical (unpaired) electrons. The second-order valence-corrected chi connectivity index (χ2v) is 9.75. The summed E-state index contributed by atoms with van der Waals surface area (Å²) in [5.41, 5.74) is 4.78. The third-order valence-corrected chi connectivity index (χ3v) is 7.16. The molecule has 32 heavy (non-hydrogen) atoms. The molecule has 2 aromatic heterocycles. The number of aromatic nitrogens is 4. The van der Waals surface area contributed by atoms with Crippen LogP contribution in [0, 0.1) is 6.92 Å². The van der Waals surface area contributed by atoms with Crippen LogP contribution in [-0.2, 0) is 18.9 Å². The molecule has 0 saturated carbocycles. The molecule has 2 aromatic carbocycles. The van der Waals surface area contributed by atoms with Crippen LogP contribution >= 0.6 is 23.1 Å². The van der Waals surface area contributed by atoms with E-state index in [-0.39, 0.29) is 0 Å². The average molecular weight is 465 g/mol. The average Bonchev–Trinajstić information content (AvgIpc) is 3.43. The summed E-state index contributed by atoms with van der Waals surface area (Å²) in [5, 5.41) is 12.8. The highest BCUT2D eigenvalue weighted by atomic mass is 32.2. The number of thiazole rings is 1. The summed E-state index contributed by atoms with van der Waals surface area (Å²) in [6.45, 7) is 9.77. The second kappa shape index (κ2) is 10.3. The van der Waals surface area contributed by atoms with E-state index in [0.29, 0.717) is 12.5 Å². The highest BCUT2D eigenvalue weighted by Crippen LogP contribution is 2.28. The van der Waals surface area contributed by atoms with Gasteiger partial charge in [0.1, 0.15) is 17.4 Å². The fourth-order valence-electron chi connectivity index (χ4n) is 3.29. The molecule has 0 aliphatic carbocycles. The summed E-state index contributed by atoms with van der Waals surface area (Å²) in [5.74, 6) is 2.96. The molecule has 0 saturated heterocycles. The number of nitrogens with zero attached hydrogens (tertiary/aromatic N) is 4. The Morgan fingerprint density at radius 2 is 1.78 bits per heavy atom. The Labute approximate surface area is 197 Å². The Balaban J connectivity index is 1.37. The van der Waals surface area contributed by atoms with Gasteiger partial charge >= 0.3 is 0 Å². The Morgan fingerprint density at radius 3 is 2.47 bits per heavy atom. The Hall–Kier alpha value is -2.64. The number of ether oxygens (including phenoxy) is 1. The summed E-state index contributed by atoms with van der Waals surface area (Å²) >= 11 is 3.34. The van der Waals surface area contributed by atoms with Crippen LogP contribution in [0.4, 0.5) is 0 Å². The van der Waals surface area contributed by atoms with Crippen LogP contribution in [0.5, 0.6) is 5.75 Å². The zero-order chi connectivity index (χ0) is 22.5. The van der Waals surface area contributed by atoms with Crippen molar-refractivity contribution in [3.05, 3.63) is 76.6 Å². The van der Waals surface area contributed by atoms with E-state index in [1.807, 2.05) is 12.1 Å². The fraction of sp³-hybridized carbons (Fsp3) is 0.320. The normalized spacial score (nSPS) is 11.3. The molecule has 4 rings (SSSR count). The molecule has 0 fully saturated rings. The molecule has 0 bridgehead atoms. The van der Waals surface area contributed by atoms with Crippen molar-refractivity contribution in [3.8, 4) is 16.3 Å². The van der Waals surface area contributed by atoms with Gasteiger partial charge in [0.2, 0.25) is 0 Å². The summed E-state index contributed by atoms with van der Waals surface area (Å²) in [7, 11) is 0. The molecule has 0 aliphatic rings. The van der Waals surface area contributed by atoms with Crippen LogP contribution in [0.3, 0.4) is 0 Å². The number of rotatable bonds is 9. The van der Waals surface area contributed by atoms with Gasteiger partial charge in [-0.05, 0) is 37.5 Å². The number of hydrogen-bond acceptors (Lipinski definition) is 6. The van der Waals surface area contributed by atoms with Crippen LogP contribution in [0.25, 0.3) is 10.6 Å². The van der Waals surface area contributed by atoms with Crippen molar-refractivity contribution < 1.29 is 4.74 Å². The molecule has 7 heteroatoms. The van der Waals surface area contributed by atoms with Crippen LogP contribution in [0.1, 0.15) is 49.3 Å². The first-order valence-electron chi connectivity index (χ1n) is 10.8. The number of thioether (sulfide) groups is 1. The third kappa shape index (κ3) is 5.40. The first kappa shape index (κ1) is 22.6. The maximum absolute atomic E-state index is 5.96. The number of benzene rings is 2. The molecule has 4 aromatic rings. The van der Waals surface area contributed by atoms with E-state index in [1.54, 1.807) is 23.1 Å². The lowest BCUT2D eigenvalue weighted by atomic mass is 10.0. The van der Waals surface area contributed by atoms with E-state index in [0.717, 1.165) is 45.3 Å². The van der Waals surface area contributed by atoms with Gasteiger partial charge in [0.05, 0.1) is 5.69 Å². The smallest absolute Gasteiger partial charge is 0.191 e. The van der Waals surface area contributed by atoms with Gasteiger partial charge in [0, 0.05) is 23.2 Å². The largest absolute Gasteiger partial charge is 0.486 e. The van der Waals surface area contributed by atoms with E-state index in [4.69, 9.17) is 9.72 Å². The molecule has 0 N–H and O–H groups in total. The Kier molecular flexibility index (Phi) is 7.27. The SMILES string of the molecule is CCn1c(COc2ccc(C(C)C)cc2)nnc1SCc1csc(-c2ccc(C)cc2)n1. The molecule has 166 valence electrons. The van der Waals surface area contributed by atoms with E-state index in [2.05, 4.69) is 84.2 Å². The second-order valence-electron chi connectivity index (χ2n) is 7.95. The predicted molar refractivity (Wildman–Crippen MR) is 132 cm³/mol. The van der Waals surface area contributed by atoms with Crippen LogP contribution in [0.2, 0.25) is 0 Å². The molecule has 0 atom stereocenters. The zero-order valence-corrected chi connectivity index (χ0v) is 20.5. The highest BCUT2D eigenvalue weighted by molar-refractivity contribution is 7.98. The third-order valence-electron chi connectivity index (χ3n) is 5.22. The van der Waals surface area contributed by atoms with Crippen molar-refractivity contribution in [2.75, 3.05) is 0 Å². The monoisotopic (exact) mass is 464 g/mol. The highest BCUT2D eigenvalue weighted by Gasteiger charge is 2.13. The topological polar surface area (TPSA) is 52.8 Å². The zero-order valence-electron chi connectivity index (χ0n) is 18.9.